The number of likely N-dealkylation sites (tertiary alicyclic amines) is 1. The zero-order valence-corrected chi connectivity index (χ0v) is 12.2. The van der Waals surface area contributed by atoms with Crippen LogP contribution in [0, 0.1) is 11.8 Å². The van der Waals surface area contributed by atoms with E-state index in [9.17, 15) is 4.79 Å². The summed E-state index contributed by atoms with van der Waals surface area (Å²) in [6, 6.07) is 2.12. The van der Waals surface area contributed by atoms with Crippen molar-refractivity contribution in [2.45, 2.75) is 32.6 Å². The molecular weight excluding hydrogens is 258 g/mol. The molecular formula is C15H21NO2S. The zero-order valence-electron chi connectivity index (χ0n) is 11.4. The molecule has 0 bridgehead atoms. The number of hydrogen-bond acceptors (Lipinski definition) is 3. The summed E-state index contributed by atoms with van der Waals surface area (Å²) in [7, 11) is 0. The van der Waals surface area contributed by atoms with Gasteiger partial charge in [-0.15, -0.1) is 11.3 Å². The van der Waals surface area contributed by atoms with Gasteiger partial charge < -0.3 is 10.0 Å². The quantitative estimate of drug-likeness (QED) is 0.922. The van der Waals surface area contributed by atoms with Crippen LogP contribution in [0.25, 0.3) is 0 Å². The number of aryl methyl sites for hydroxylation is 1. The Labute approximate surface area is 118 Å². The molecule has 104 valence electrons. The number of rotatable bonds is 3. The molecule has 1 atom stereocenters. The first kappa shape index (κ1) is 13.1. The van der Waals surface area contributed by atoms with Gasteiger partial charge in [-0.1, -0.05) is 13.3 Å². The Hall–Kier alpha value is -0.870. The molecule has 1 fully saturated rings. The Morgan fingerprint density at radius 2 is 2.26 bits per heavy atom. The zero-order chi connectivity index (χ0) is 13.4. The smallest absolute Gasteiger partial charge is 0.263 e. The van der Waals surface area contributed by atoms with Gasteiger partial charge >= 0.3 is 0 Å². The number of nitrogens with zero attached hydrogens (tertiary/aromatic N) is 1. The monoisotopic (exact) mass is 279 g/mol. The third kappa shape index (κ3) is 2.43. The minimum atomic E-state index is 0.164. The summed E-state index contributed by atoms with van der Waals surface area (Å²) in [6.45, 7) is 3.89. The van der Waals surface area contributed by atoms with Crippen molar-refractivity contribution in [2.75, 3.05) is 19.7 Å². The van der Waals surface area contributed by atoms with Gasteiger partial charge in [0.15, 0.2) is 0 Å². The SMILES string of the molecule is CCC1CCc2sc(C(=O)N3CC(CO)C3)cc2C1. The molecule has 19 heavy (non-hydrogen) atoms. The van der Waals surface area contributed by atoms with E-state index < -0.39 is 0 Å². The van der Waals surface area contributed by atoms with Crippen LogP contribution in [0.1, 0.15) is 39.9 Å². The topological polar surface area (TPSA) is 40.5 Å². The summed E-state index contributed by atoms with van der Waals surface area (Å²) in [5.74, 6) is 1.26. The van der Waals surface area contributed by atoms with Crippen molar-refractivity contribution in [1.29, 1.82) is 0 Å². The average Bonchev–Trinajstić information content (AvgIpc) is 2.79. The van der Waals surface area contributed by atoms with Crippen LogP contribution in [0.4, 0.5) is 0 Å². The van der Waals surface area contributed by atoms with Gasteiger partial charge in [0.25, 0.3) is 5.91 Å². The summed E-state index contributed by atoms with van der Waals surface area (Å²) in [5, 5.41) is 9.01. The Bertz CT molecular complexity index is 476. The molecule has 0 aromatic carbocycles. The van der Waals surface area contributed by atoms with Crippen molar-refractivity contribution in [1.82, 2.24) is 4.90 Å². The molecule has 2 heterocycles. The predicted molar refractivity (Wildman–Crippen MR) is 76.6 cm³/mol. The number of carbonyl (C=O) groups excluding carboxylic acids is 1. The van der Waals surface area contributed by atoms with E-state index in [4.69, 9.17) is 5.11 Å². The first-order valence-electron chi connectivity index (χ1n) is 7.23. The molecule has 2 aliphatic rings. The molecule has 1 saturated heterocycles. The van der Waals surface area contributed by atoms with E-state index in [1.165, 1.54) is 23.3 Å². The van der Waals surface area contributed by atoms with E-state index in [0.717, 1.165) is 36.7 Å². The van der Waals surface area contributed by atoms with Gasteiger partial charge in [-0.25, -0.2) is 0 Å². The fourth-order valence-electron chi connectivity index (χ4n) is 3.06. The highest BCUT2D eigenvalue weighted by atomic mass is 32.1. The third-order valence-corrected chi connectivity index (χ3v) is 5.70. The van der Waals surface area contributed by atoms with E-state index >= 15 is 0 Å². The molecule has 3 rings (SSSR count). The Kier molecular flexibility index (Phi) is 3.63. The number of amides is 1. The van der Waals surface area contributed by atoms with Crippen LogP contribution in [-0.2, 0) is 12.8 Å². The summed E-state index contributed by atoms with van der Waals surface area (Å²) >= 11 is 1.69. The lowest BCUT2D eigenvalue weighted by Gasteiger charge is -2.37. The summed E-state index contributed by atoms with van der Waals surface area (Å²) in [5.41, 5.74) is 1.41. The standard InChI is InChI=1S/C15H21NO2S/c1-2-10-3-4-13-12(5-10)6-14(19-13)15(18)16-7-11(8-16)9-17/h6,10-11,17H,2-5,7-9H2,1H3. The van der Waals surface area contributed by atoms with Gasteiger partial charge in [-0.05, 0) is 36.8 Å². The maximum absolute atomic E-state index is 12.3. The minimum absolute atomic E-state index is 0.164. The van der Waals surface area contributed by atoms with Crippen molar-refractivity contribution in [2.24, 2.45) is 11.8 Å². The van der Waals surface area contributed by atoms with Gasteiger partial charge in [-0.3, -0.25) is 4.79 Å². The predicted octanol–water partition coefficient (Wildman–Crippen LogP) is 2.33. The molecule has 4 heteroatoms. The van der Waals surface area contributed by atoms with Crippen molar-refractivity contribution in [3.63, 3.8) is 0 Å². The van der Waals surface area contributed by atoms with Gasteiger partial charge in [0.05, 0.1) is 4.88 Å². The van der Waals surface area contributed by atoms with E-state index in [0.29, 0.717) is 5.92 Å². The van der Waals surface area contributed by atoms with Crippen molar-refractivity contribution in [3.8, 4) is 0 Å². The maximum atomic E-state index is 12.3. The lowest BCUT2D eigenvalue weighted by atomic mass is 9.87. The van der Waals surface area contributed by atoms with Gasteiger partial charge in [0, 0.05) is 30.5 Å². The van der Waals surface area contributed by atoms with Crippen molar-refractivity contribution in [3.05, 3.63) is 21.4 Å². The van der Waals surface area contributed by atoms with Crippen LogP contribution in [-0.4, -0.2) is 35.6 Å². The van der Waals surface area contributed by atoms with Crippen LogP contribution in [0.3, 0.4) is 0 Å². The number of aliphatic hydroxyl groups is 1. The molecule has 0 saturated carbocycles. The lowest BCUT2D eigenvalue weighted by Crippen LogP contribution is -2.51. The van der Waals surface area contributed by atoms with Crippen LogP contribution < -0.4 is 0 Å². The number of hydrogen-bond donors (Lipinski definition) is 1. The molecule has 1 N–H and O–H groups in total. The molecule has 1 unspecified atom stereocenters. The second-order valence-electron chi connectivity index (χ2n) is 5.83. The fraction of sp³-hybridized carbons (Fsp3) is 0.667. The van der Waals surface area contributed by atoms with E-state index in [-0.39, 0.29) is 12.5 Å². The Morgan fingerprint density at radius 3 is 2.95 bits per heavy atom. The van der Waals surface area contributed by atoms with Crippen LogP contribution >= 0.6 is 11.3 Å². The second kappa shape index (κ2) is 5.25. The van der Waals surface area contributed by atoms with E-state index in [1.54, 1.807) is 11.3 Å². The molecule has 0 radical (unpaired) electrons. The summed E-state index contributed by atoms with van der Waals surface area (Å²) in [4.78, 5) is 16.5. The first-order chi connectivity index (χ1) is 9.21. The average molecular weight is 279 g/mol. The third-order valence-electron chi connectivity index (χ3n) is 4.48. The highest BCUT2D eigenvalue weighted by Gasteiger charge is 2.32. The minimum Gasteiger partial charge on any atom is -0.396 e. The van der Waals surface area contributed by atoms with Gasteiger partial charge in [0.1, 0.15) is 0 Å². The lowest BCUT2D eigenvalue weighted by molar-refractivity contribution is 0.0366. The number of carbonyl (C=O) groups is 1. The van der Waals surface area contributed by atoms with Crippen molar-refractivity contribution >= 4 is 17.2 Å². The van der Waals surface area contributed by atoms with Crippen molar-refractivity contribution < 1.29 is 9.90 Å². The Morgan fingerprint density at radius 1 is 1.47 bits per heavy atom. The Balaban J connectivity index is 1.70. The van der Waals surface area contributed by atoms with E-state index in [2.05, 4.69) is 13.0 Å². The summed E-state index contributed by atoms with van der Waals surface area (Å²) in [6.07, 6.45) is 4.80. The highest BCUT2D eigenvalue weighted by molar-refractivity contribution is 7.14. The van der Waals surface area contributed by atoms with Crippen LogP contribution in [0.15, 0.2) is 6.07 Å². The summed E-state index contributed by atoms with van der Waals surface area (Å²) < 4.78 is 0. The molecule has 1 aromatic rings. The van der Waals surface area contributed by atoms with Gasteiger partial charge in [0.2, 0.25) is 0 Å². The van der Waals surface area contributed by atoms with Gasteiger partial charge in [-0.2, -0.15) is 0 Å². The normalized spacial score (nSPS) is 23.1. The van der Waals surface area contributed by atoms with Crippen LogP contribution in [0.5, 0.6) is 0 Å². The molecule has 3 nitrogen and oxygen atoms in total. The fourth-order valence-corrected chi connectivity index (χ4v) is 4.24. The molecule has 0 spiro atoms. The first-order valence-corrected chi connectivity index (χ1v) is 8.04. The molecule has 1 amide bonds. The molecule has 1 aliphatic heterocycles. The molecule has 1 aromatic heterocycles. The van der Waals surface area contributed by atoms with Crippen LogP contribution in [0.2, 0.25) is 0 Å². The van der Waals surface area contributed by atoms with E-state index in [1.807, 2.05) is 4.90 Å². The second-order valence-corrected chi connectivity index (χ2v) is 6.97. The molecule has 1 aliphatic carbocycles. The maximum Gasteiger partial charge on any atom is 0.263 e. The highest BCUT2D eigenvalue weighted by Crippen LogP contribution is 2.34. The number of aliphatic hydroxyl groups excluding tert-OH is 1. The number of thiophene rings is 1. The number of fused-ring (bicyclic) bond motifs is 1. The largest absolute Gasteiger partial charge is 0.396 e.